The van der Waals surface area contributed by atoms with Gasteiger partial charge in [0.05, 0.1) is 16.8 Å². The molecule has 0 radical (unpaired) electrons. The Bertz CT molecular complexity index is 578. The molecule has 0 aliphatic carbocycles. The van der Waals surface area contributed by atoms with Crippen molar-refractivity contribution in [3.8, 4) is 0 Å². The average Bonchev–Trinajstić information content (AvgIpc) is 2.34. The molecule has 1 N–H and O–H groups in total. The third-order valence-corrected chi connectivity index (χ3v) is 2.46. The lowest BCUT2D eigenvalue weighted by Crippen LogP contribution is -2.39. The second kappa shape index (κ2) is 5.26. The molecule has 21 heavy (non-hydrogen) atoms. The maximum Gasteiger partial charge on any atom is 0.471 e. The molecule has 0 saturated heterocycles. The number of carbonyl (C=O) groups is 2. The van der Waals surface area contributed by atoms with Crippen LogP contribution in [0.1, 0.15) is 15.9 Å². The molecule has 0 bridgehead atoms. The van der Waals surface area contributed by atoms with Crippen LogP contribution in [0.25, 0.3) is 0 Å². The highest BCUT2D eigenvalue weighted by atomic mass is 19.4. The van der Waals surface area contributed by atoms with E-state index in [-0.39, 0.29) is 11.0 Å². The van der Waals surface area contributed by atoms with Crippen molar-refractivity contribution in [2.45, 2.75) is 12.4 Å². The van der Waals surface area contributed by atoms with Gasteiger partial charge in [0.2, 0.25) is 0 Å². The molecule has 1 rings (SSSR count). The highest BCUT2D eigenvalue weighted by Crippen LogP contribution is 2.33. The molecular weight excluding hydrogens is 308 g/mol. The Morgan fingerprint density at radius 3 is 2.00 bits per heavy atom. The van der Waals surface area contributed by atoms with Gasteiger partial charge in [-0.25, -0.2) is 4.79 Å². The quantitative estimate of drug-likeness (QED) is 0.854. The van der Waals surface area contributed by atoms with Crippen molar-refractivity contribution in [1.29, 1.82) is 0 Å². The fraction of sp³-hybridized carbons (Fsp3) is 0.273. The van der Waals surface area contributed by atoms with E-state index in [0.29, 0.717) is 19.2 Å². The molecule has 1 aromatic rings. The summed E-state index contributed by atoms with van der Waals surface area (Å²) >= 11 is 0. The summed E-state index contributed by atoms with van der Waals surface area (Å²) in [5.41, 5.74) is -3.21. The van der Waals surface area contributed by atoms with Crippen LogP contribution in [0.4, 0.5) is 32.0 Å². The van der Waals surface area contributed by atoms with Crippen LogP contribution in [0.15, 0.2) is 18.2 Å². The smallest absolute Gasteiger partial charge is 0.471 e. The van der Waals surface area contributed by atoms with Crippen molar-refractivity contribution in [2.75, 3.05) is 11.9 Å². The lowest BCUT2D eigenvalue weighted by atomic mass is 10.1. The van der Waals surface area contributed by atoms with Crippen LogP contribution in [0.3, 0.4) is 0 Å². The van der Waals surface area contributed by atoms with Gasteiger partial charge in [0.15, 0.2) is 0 Å². The summed E-state index contributed by atoms with van der Waals surface area (Å²) in [4.78, 5) is 21.8. The number of alkyl halides is 6. The number of aromatic carboxylic acids is 1. The molecule has 1 amide bonds. The maximum absolute atomic E-state index is 12.5. The summed E-state index contributed by atoms with van der Waals surface area (Å²) in [5, 5.41) is 8.80. The molecule has 0 heterocycles. The highest BCUT2D eigenvalue weighted by Gasteiger charge is 2.42. The zero-order valence-corrected chi connectivity index (χ0v) is 10.2. The zero-order valence-electron chi connectivity index (χ0n) is 10.2. The lowest BCUT2D eigenvalue weighted by Gasteiger charge is -2.21. The van der Waals surface area contributed by atoms with Gasteiger partial charge in [-0.15, -0.1) is 0 Å². The Balaban J connectivity index is 3.38. The van der Waals surface area contributed by atoms with Gasteiger partial charge >= 0.3 is 24.2 Å². The third kappa shape index (κ3) is 3.64. The van der Waals surface area contributed by atoms with Crippen LogP contribution >= 0.6 is 0 Å². The summed E-state index contributed by atoms with van der Waals surface area (Å²) in [6, 6.07) is 1.05. The molecule has 0 spiro atoms. The second-order valence-corrected chi connectivity index (χ2v) is 3.90. The summed E-state index contributed by atoms with van der Waals surface area (Å²) in [6.07, 6.45) is -10.2. The molecule has 0 atom stereocenters. The first-order valence-electron chi connectivity index (χ1n) is 5.15. The third-order valence-electron chi connectivity index (χ3n) is 2.46. The number of carboxylic acid groups (broad SMARTS) is 1. The summed E-state index contributed by atoms with van der Waals surface area (Å²) in [5.74, 6) is -4.29. The van der Waals surface area contributed by atoms with Crippen LogP contribution in [0.5, 0.6) is 0 Å². The number of halogens is 6. The second-order valence-electron chi connectivity index (χ2n) is 3.90. The molecule has 0 aromatic heterocycles. The van der Waals surface area contributed by atoms with Gasteiger partial charge < -0.3 is 10.0 Å². The number of hydrogen-bond donors (Lipinski definition) is 1. The van der Waals surface area contributed by atoms with Crippen LogP contribution in [-0.2, 0) is 11.0 Å². The van der Waals surface area contributed by atoms with Gasteiger partial charge in [-0.3, -0.25) is 4.79 Å². The summed E-state index contributed by atoms with van der Waals surface area (Å²) in [7, 11) is 0.616. The monoisotopic (exact) mass is 315 g/mol. The Morgan fingerprint density at radius 1 is 1.10 bits per heavy atom. The molecule has 0 aliphatic heterocycles. The minimum atomic E-state index is -5.28. The number of amides is 1. The minimum absolute atomic E-state index is 0.0659. The Kier molecular flexibility index (Phi) is 4.21. The largest absolute Gasteiger partial charge is 0.478 e. The Labute approximate surface area is 113 Å². The highest BCUT2D eigenvalue weighted by molar-refractivity contribution is 6.03. The predicted octanol–water partition coefficient (Wildman–Crippen LogP) is 2.93. The first-order valence-corrected chi connectivity index (χ1v) is 5.15. The van der Waals surface area contributed by atoms with Gasteiger partial charge in [-0.1, -0.05) is 0 Å². The van der Waals surface area contributed by atoms with Crippen molar-refractivity contribution in [2.24, 2.45) is 0 Å². The minimum Gasteiger partial charge on any atom is -0.478 e. The van der Waals surface area contributed by atoms with Gasteiger partial charge in [-0.2, -0.15) is 26.3 Å². The van der Waals surface area contributed by atoms with E-state index in [2.05, 4.69) is 0 Å². The number of carboxylic acids is 1. The Morgan fingerprint density at radius 2 is 1.62 bits per heavy atom. The van der Waals surface area contributed by atoms with E-state index in [0.717, 1.165) is 0 Å². The topological polar surface area (TPSA) is 57.6 Å². The fourth-order valence-electron chi connectivity index (χ4n) is 1.48. The van der Waals surface area contributed by atoms with Crippen LogP contribution in [0.2, 0.25) is 0 Å². The first kappa shape index (κ1) is 16.8. The van der Waals surface area contributed by atoms with Crippen molar-refractivity contribution in [1.82, 2.24) is 0 Å². The number of hydrogen-bond acceptors (Lipinski definition) is 2. The van der Waals surface area contributed by atoms with E-state index in [4.69, 9.17) is 5.11 Å². The number of anilines is 1. The SMILES string of the molecule is CN(C(=O)C(F)(F)F)c1ccc(C(F)(F)F)cc1C(=O)O. The molecule has 116 valence electrons. The molecular formula is C11H7F6NO3. The summed E-state index contributed by atoms with van der Waals surface area (Å²) in [6.45, 7) is 0. The molecule has 0 unspecified atom stereocenters. The van der Waals surface area contributed by atoms with E-state index < -0.39 is 41.0 Å². The zero-order chi connectivity index (χ0) is 16.6. The van der Waals surface area contributed by atoms with E-state index in [1.165, 1.54) is 0 Å². The normalized spacial score (nSPS) is 12.1. The number of carbonyl (C=O) groups excluding carboxylic acids is 1. The van der Waals surface area contributed by atoms with E-state index in [9.17, 15) is 35.9 Å². The van der Waals surface area contributed by atoms with Crippen LogP contribution < -0.4 is 4.90 Å². The standard InChI is InChI=1S/C11H7F6NO3/c1-18(9(21)11(15,16)17)7-3-2-5(10(12,13)14)4-6(7)8(19)20/h2-4H,1H3,(H,19,20). The van der Waals surface area contributed by atoms with Gasteiger partial charge in [0, 0.05) is 7.05 Å². The average molecular weight is 315 g/mol. The van der Waals surface area contributed by atoms with E-state index >= 15 is 0 Å². The Hall–Kier alpha value is -2.26. The molecule has 10 heteroatoms. The molecule has 1 aromatic carbocycles. The van der Waals surface area contributed by atoms with E-state index in [1.54, 1.807) is 0 Å². The fourth-order valence-corrected chi connectivity index (χ4v) is 1.48. The molecule has 0 saturated carbocycles. The molecule has 0 aliphatic rings. The van der Waals surface area contributed by atoms with Crippen LogP contribution in [0, 0.1) is 0 Å². The lowest BCUT2D eigenvalue weighted by molar-refractivity contribution is -0.170. The van der Waals surface area contributed by atoms with Crippen molar-refractivity contribution >= 4 is 17.6 Å². The maximum atomic E-state index is 12.5. The van der Waals surface area contributed by atoms with Crippen molar-refractivity contribution in [3.63, 3.8) is 0 Å². The number of rotatable bonds is 2. The van der Waals surface area contributed by atoms with Crippen molar-refractivity contribution < 1.29 is 41.0 Å². The number of nitrogens with zero attached hydrogens (tertiary/aromatic N) is 1. The predicted molar refractivity (Wildman–Crippen MR) is 57.9 cm³/mol. The van der Waals surface area contributed by atoms with Crippen molar-refractivity contribution in [3.05, 3.63) is 29.3 Å². The van der Waals surface area contributed by atoms with Gasteiger partial charge in [-0.05, 0) is 18.2 Å². The van der Waals surface area contributed by atoms with Crippen LogP contribution in [-0.4, -0.2) is 30.2 Å². The summed E-state index contributed by atoms with van der Waals surface area (Å²) < 4.78 is 74.2. The van der Waals surface area contributed by atoms with E-state index in [1.807, 2.05) is 0 Å². The number of benzene rings is 1. The molecule has 0 fully saturated rings. The van der Waals surface area contributed by atoms with Gasteiger partial charge in [0.25, 0.3) is 0 Å². The molecule has 4 nitrogen and oxygen atoms in total. The van der Waals surface area contributed by atoms with Gasteiger partial charge in [0.1, 0.15) is 0 Å². The first-order chi connectivity index (χ1) is 9.35.